The lowest BCUT2D eigenvalue weighted by Gasteiger charge is -2.19. The quantitative estimate of drug-likeness (QED) is 0.386. The molecular weight excluding hydrogens is 436 g/mol. The molecule has 1 N–H and O–H groups in total. The van der Waals surface area contributed by atoms with Gasteiger partial charge in [-0.05, 0) is 29.3 Å². The van der Waals surface area contributed by atoms with Crippen LogP contribution in [0.3, 0.4) is 0 Å². The average Bonchev–Trinajstić information content (AvgIpc) is 3.27. The monoisotopic (exact) mass is 456 g/mol. The first-order chi connectivity index (χ1) is 15.4. The normalized spacial score (nSPS) is 13.6. The van der Waals surface area contributed by atoms with Crippen molar-refractivity contribution in [2.75, 3.05) is 13.3 Å². The van der Waals surface area contributed by atoms with Gasteiger partial charge in [0, 0.05) is 12.6 Å². The first-order valence-corrected chi connectivity index (χ1v) is 11.2. The fourth-order valence-corrected chi connectivity index (χ4v) is 4.47. The van der Waals surface area contributed by atoms with Gasteiger partial charge in [0.2, 0.25) is 16.8 Å². The average molecular weight is 456 g/mol. The second kappa shape index (κ2) is 9.35. The highest BCUT2D eigenvalue weighted by atomic mass is 32.2. The molecule has 10 heteroatoms. The molecular formula is C22H20N2O7S. The van der Waals surface area contributed by atoms with Crippen molar-refractivity contribution in [1.29, 1.82) is 0 Å². The van der Waals surface area contributed by atoms with Gasteiger partial charge >= 0.3 is 0 Å². The number of fused-ring (bicyclic) bond motifs is 1. The van der Waals surface area contributed by atoms with Crippen LogP contribution in [0.1, 0.15) is 17.2 Å². The first kappa shape index (κ1) is 21.8. The summed E-state index contributed by atoms with van der Waals surface area (Å²) < 4.78 is 44.7. The number of ether oxygens (including phenoxy) is 3. The van der Waals surface area contributed by atoms with Crippen LogP contribution in [0.25, 0.3) is 0 Å². The van der Waals surface area contributed by atoms with Crippen molar-refractivity contribution >= 4 is 15.7 Å². The lowest BCUT2D eigenvalue weighted by molar-refractivity contribution is -0.387. The van der Waals surface area contributed by atoms with E-state index in [1.807, 2.05) is 42.5 Å². The smallest absolute Gasteiger partial charge is 0.289 e. The van der Waals surface area contributed by atoms with Crippen molar-refractivity contribution in [1.82, 2.24) is 4.72 Å². The summed E-state index contributed by atoms with van der Waals surface area (Å²) in [4.78, 5) is 10.1. The molecule has 32 heavy (non-hydrogen) atoms. The lowest BCUT2D eigenvalue weighted by Crippen LogP contribution is -2.30. The number of hydrogen-bond donors (Lipinski definition) is 1. The molecule has 3 aromatic carbocycles. The molecule has 4 rings (SSSR count). The maximum absolute atomic E-state index is 12.8. The topological polar surface area (TPSA) is 117 Å². The Balaban J connectivity index is 1.51. The summed E-state index contributed by atoms with van der Waals surface area (Å²) in [6.07, 6.45) is -0.626. The standard InChI is InChI=1S/C22H20N2O7S/c25-24(26)18-8-4-5-9-22(18)32(27,28)23-13-21(17-6-2-1-3-7-17)29-14-16-10-11-19-20(12-16)31-15-30-19/h1-12,21,23H,13-15H2. The Bertz CT molecular complexity index is 1220. The van der Waals surface area contributed by atoms with Gasteiger partial charge in [0.15, 0.2) is 16.4 Å². The Morgan fingerprint density at radius 2 is 1.72 bits per heavy atom. The molecule has 0 aromatic heterocycles. The van der Waals surface area contributed by atoms with Gasteiger partial charge in [-0.15, -0.1) is 0 Å². The number of para-hydroxylation sites is 1. The van der Waals surface area contributed by atoms with E-state index >= 15 is 0 Å². The minimum Gasteiger partial charge on any atom is -0.454 e. The number of rotatable bonds is 9. The van der Waals surface area contributed by atoms with Crippen LogP contribution in [0.5, 0.6) is 11.5 Å². The molecule has 1 unspecified atom stereocenters. The fraction of sp³-hybridized carbons (Fsp3) is 0.182. The number of sulfonamides is 1. The van der Waals surface area contributed by atoms with E-state index in [0.717, 1.165) is 17.2 Å². The Morgan fingerprint density at radius 3 is 2.50 bits per heavy atom. The zero-order valence-corrected chi connectivity index (χ0v) is 17.7. The Morgan fingerprint density at radius 1 is 1.00 bits per heavy atom. The van der Waals surface area contributed by atoms with Crippen molar-refractivity contribution in [3.8, 4) is 11.5 Å². The second-order valence-electron chi connectivity index (χ2n) is 6.97. The van der Waals surface area contributed by atoms with Crippen LogP contribution in [-0.4, -0.2) is 26.7 Å². The number of nitrogens with zero attached hydrogens (tertiary/aromatic N) is 1. The Kier molecular flexibility index (Phi) is 6.35. The van der Waals surface area contributed by atoms with Gasteiger partial charge in [-0.1, -0.05) is 48.5 Å². The molecule has 166 valence electrons. The summed E-state index contributed by atoms with van der Waals surface area (Å²) in [6.45, 7) is 0.256. The molecule has 0 aliphatic carbocycles. The number of hydrogen-bond acceptors (Lipinski definition) is 7. The van der Waals surface area contributed by atoms with Gasteiger partial charge in [0.1, 0.15) is 0 Å². The number of nitro groups is 1. The third-order valence-corrected chi connectivity index (χ3v) is 6.34. The molecule has 1 heterocycles. The summed E-state index contributed by atoms with van der Waals surface area (Å²) in [7, 11) is -4.14. The highest BCUT2D eigenvalue weighted by Gasteiger charge is 2.26. The van der Waals surface area contributed by atoms with Crippen LogP contribution in [0.15, 0.2) is 77.7 Å². The number of benzene rings is 3. The van der Waals surface area contributed by atoms with E-state index in [4.69, 9.17) is 14.2 Å². The third-order valence-electron chi connectivity index (χ3n) is 4.87. The van der Waals surface area contributed by atoms with Crippen LogP contribution in [0.4, 0.5) is 5.69 Å². The van der Waals surface area contributed by atoms with Gasteiger partial charge in [-0.2, -0.15) is 0 Å². The minimum absolute atomic E-state index is 0.108. The fourth-order valence-electron chi connectivity index (χ4n) is 3.27. The molecule has 0 spiro atoms. The molecule has 0 fully saturated rings. The molecule has 1 aliphatic rings. The Labute approximate surface area is 184 Å². The molecule has 0 saturated heterocycles. The lowest BCUT2D eigenvalue weighted by atomic mass is 10.1. The third kappa shape index (κ3) is 4.88. The summed E-state index contributed by atoms with van der Waals surface area (Å²) in [5.74, 6) is 1.28. The number of nitro benzene ring substituents is 1. The Hall–Kier alpha value is -3.47. The van der Waals surface area contributed by atoms with Crippen molar-refractivity contribution in [3.63, 3.8) is 0 Å². The highest BCUT2D eigenvalue weighted by molar-refractivity contribution is 7.89. The van der Waals surface area contributed by atoms with Gasteiger partial charge in [0.05, 0.1) is 17.6 Å². The molecule has 1 atom stereocenters. The van der Waals surface area contributed by atoms with Crippen molar-refractivity contribution in [2.45, 2.75) is 17.6 Å². The van der Waals surface area contributed by atoms with E-state index in [1.54, 1.807) is 6.07 Å². The van der Waals surface area contributed by atoms with E-state index in [9.17, 15) is 18.5 Å². The van der Waals surface area contributed by atoms with Crippen LogP contribution < -0.4 is 14.2 Å². The van der Waals surface area contributed by atoms with Crippen molar-refractivity contribution < 1.29 is 27.6 Å². The van der Waals surface area contributed by atoms with Crippen molar-refractivity contribution in [3.05, 3.63) is 94.0 Å². The van der Waals surface area contributed by atoms with Gasteiger partial charge in [-0.25, -0.2) is 13.1 Å². The number of nitrogens with one attached hydrogen (secondary N) is 1. The predicted molar refractivity (Wildman–Crippen MR) is 115 cm³/mol. The van der Waals surface area contributed by atoms with Crippen molar-refractivity contribution in [2.24, 2.45) is 0 Å². The second-order valence-corrected chi connectivity index (χ2v) is 8.71. The predicted octanol–water partition coefficient (Wildman–Crippen LogP) is 3.56. The van der Waals surface area contributed by atoms with Crippen LogP contribution in [0.2, 0.25) is 0 Å². The summed E-state index contributed by atoms with van der Waals surface area (Å²) >= 11 is 0. The highest BCUT2D eigenvalue weighted by Crippen LogP contribution is 2.33. The first-order valence-electron chi connectivity index (χ1n) is 9.72. The molecule has 0 amide bonds. The SMILES string of the molecule is O=[N+]([O-])c1ccccc1S(=O)(=O)NCC(OCc1ccc2c(c1)OCO2)c1ccccc1. The van der Waals surface area contributed by atoms with Gasteiger partial charge in [-0.3, -0.25) is 10.1 Å². The van der Waals surface area contributed by atoms with E-state index in [0.29, 0.717) is 11.5 Å². The van der Waals surface area contributed by atoms with E-state index in [-0.39, 0.29) is 19.9 Å². The van der Waals surface area contributed by atoms with Gasteiger partial charge < -0.3 is 14.2 Å². The van der Waals surface area contributed by atoms with Crippen LogP contribution >= 0.6 is 0 Å². The molecule has 0 bridgehead atoms. The summed E-state index contributed by atoms with van der Waals surface area (Å²) in [5, 5.41) is 11.2. The minimum atomic E-state index is -4.14. The maximum Gasteiger partial charge on any atom is 0.289 e. The zero-order valence-electron chi connectivity index (χ0n) is 16.8. The molecule has 3 aromatic rings. The molecule has 0 saturated carbocycles. The van der Waals surface area contributed by atoms with Crippen LogP contribution in [0, 0.1) is 10.1 Å². The summed E-state index contributed by atoms with van der Waals surface area (Å²) in [6, 6.07) is 19.8. The maximum atomic E-state index is 12.8. The molecule has 1 aliphatic heterocycles. The zero-order chi connectivity index (χ0) is 22.6. The molecule has 0 radical (unpaired) electrons. The van der Waals surface area contributed by atoms with Crippen LogP contribution in [-0.2, 0) is 21.4 Å². The van der Waals surface area contributed by atoms with Gasteiger partial charge in [0.25, 0.3) is 5.69 Å². The molecule has 9 nitrogen and oxygen atoms in total. The van der Waals surface area contributed by atoms with E-state index in [1.165, 1.54) is 18.2 Å². The van der Waals surface area contributed by atoms with E-state index in [2.05, 4.69) is 4.72 Å². The summed E-state index contributed by atoms with van der Waals surface area (Å²) in [5.41, 5.74) is 1.10. The van der Waals surface area contributed by atoms with E-state index < -0.39 is 31.6 Å². The largest absolute Gasteiger partial charge is 0.454 e.